The van der Waals surface area contributed by atoms with E-state index in [-0.39, 0.29) is 0 Å². The fourth-order valence-electron chi connectivity index (χ4n) is 1.25. The third-order valence-corrected chi connectivity index (χ3v) is 1.95. The molecule has 0 spiro atoms. The molecule has 88 valence electrons. The molecule has 1 unspecified atom stereocenters. The van der Waals surface area contributed by atoms with Gasteiger partial charge in [-0.3, -0.25) is 9.78 Å². The third kappa shape index (κ3) is 2.91. The van der Waals surface area contributed by atoms with Gasteiger partial charge in [0, 0.05) is 11.8 Å². The molecule has 0 saturated heterocycles. The van der Waals surface area contributed by atoms with Gasteiger partial charge >= 0.3 is 12.1 Å². The number of pyridine rings is 1. The number of aromatic nitrogens is 1. The molecule has 0 saturated carbocycles. The van der Waals surface area contributed by atoms with Crippen LogP contribution in [0, 0.1) is 5.82 Å². The molecule has 0 amide bonds. The number of halogens is 4. The zero-order chi connectivity index (χ0) is 12.3. The van der Waals surface area contributed by atoms with Crippen molar-refractivity contribution in [1.29, 1.82) is 0 Å². The summed E-state index contributed by atoms with van der Waals surface area (Å²) >= 11 is 0. The summed E-state index contributed by atoms with van der Waals surface area (Å²) in [6, 6.07) is 0.830. The summed E-state index contributed by atoms with van der Waals surface area (Å²) in [6.45, 7) is 0. The largest absolute Gasteiger partial charge is 0.481 e. The van der Waals surface area contributed by atoms with E-state index in [0.717, 1.165) is 12.3 Å². The van der Waals surface area contributed by atoms with Gasteiger partial charge in [0.2, 0.25) is 0 Å². The molecule has 7 heteroatoms. The Balaban J connectivity index is 3.12. The van der Waals surface area contributed by atoms with Crippen LogP contribution in [0.4, 0.5) is 17.6 Å². The molecule has 1 atom stereocenters. The minimum absolute atomic E-state index is 0.621. The molecule has 1 aromatic heterocycles. The first-order chi connectivity index (χ1) is 7.32. The zero-order valence-electron chi connectivity index (χ0n) is 7.83. The highest BCUT2D eigenvalue weighted by Crippen LogP contribution is 2.38. The molecule has 0 aliphatic carbocycles. The molecule has 0 aromatic carbocycles. The van der Waals surface area contributed by atoms with Crippen LogP contribution in [-0.2, 0) is 4.79 Å². The van der Waals surface area contributed by atoms with E-state index in [9.17, 15) is 22.4 Å². The van der Waals surface area contributed by atoms with Gasteiger partial charge in [-0.15, -0.1) is 0 Å². The SMILES string of the molecule is O=C(O)CC(c1ccncc1F)C(F)(F)F. The van der Waals surface area contributed by atoms with Crippen LogP contribution in [-0.4, -0.2) is 22.2 Å². The van der Waals surface area contributed by atoms with E-state index in [2.05, 4.69) is 4.98 Å². The van der Waals surface area contributed by atoms with Gasteiger partial charge in [-0.2, -0.15) is 13.2 Å². The van der Waals surface area contributed by atoms with Crippen LogP contribution in [0.15, 0.2) is 18.5 Å². The number of nitrogens with zero attached hydrogens (tertiary/aromatic N) is 1. The Morgan fingerprint density at radius 2 is 2.12 bits per heavy atom. The van der Waals surface area contributed by atoms with Crippen molar-refractivity contribution in [3.8, 4) is 0 Å². The maximum atomic E-state index is 13.1. The normalized spacial score (nSPS) is 13.5. The van der Waals surface area contributed by atoms with Crippen LogP contribution in [0.1, 0.15) is 17.9 Å². The second kappa shape index (κ2) is 4.46. The van der Waals surface area contributed by atoms with Crippen LogP contribution >= 0.6 is 0 Å². The Morgan fingerprint density at radius 3 is 2.56 bits per heavy atom. The van der Waals surface area contributed by atoms with E-state index in [1.54, 1.807) is 0 Å². The van der Waals surface area contributed by atoms with Crippen molar-refractivity contribution in [2.24, 2.45) is 0 Å². The molecule has 0 bridgehead atoms. The predicted octanol–water partition coefficient (Wildman–Crippen LogP) is 2.34. The number of hydrogen-bond acceptors (Lipinski definition) is 2. The van der Waals surface area contributed by atoms with Crippen LogP contribution in [0.3, 0.4) is 0 Å². The number of aliphatic carboxylic acids is 1. The van der Waals surface area contributed by atoms with E-state index in [4.69, 9.17) is 5.11 Å². The maximum absolute atomic E-state index is 13.1. The summed E-state index contributed by atoms with van der Waals surface area (Å²) < 4.78 is 50.6. The molecule has 3 nitrogen and oxygen atoms in total. The van der Waals surface area contributed by atoms with Crippen molar-refractivity contribution in [2.75, 3.05) is 0 Å². The molecule has 0 aliphatic heterocycles. The number of carboxylic acids is 1. The first-order valence-corrected chi connectivity index (χ1v) is 4.20. The highest BCUT2D eigenvalue weighted by atomic mass is 19.4. The number of rotatable bonds is 3. The first-order valence-electron chi connectivity index (χ1n) is 4.20. The number of alkyl halides is 3. The van der Waals surface area contributed by atoms with E-state index >= 15 is 0 Å². The Labute approximate surface area is 87.7 Å². The smallest absolute Gasteiger partial charge is 0.396 e. The Hall–Kier alpha value is -1.66. The Bertz CT molecular complexity index is 391. The second-order valence-electron chi connectivity index (χ2n) is 3.09. The summed E-state index contributed by atoms with van der Waals surface area (Å²) in [4.78, 5) is 13.6. The average molecular weight is 237 g/mol. The minimum atomic E-state index is -4.80. The monoisotopic (exact) mass is 237 g/mol. The number of carbonyl (C=O) groups is 1. The highest BCUT2D eigenvalue weighted by molar-refractivity contribution is 5.68. The van der Waals surface area contributed by atoms with Gasteiger partial charge in [0.1, 0.15) is 5.82 Å². The van der Waals surface area contributed by atoms with E-state index in [1.807, 2.05) is 0 Å². The molecule has 0 aliphatic rings. The molecule has 1 N–H and O–H groups in total. The topological polar surface area (TPSA) is 50.2 Å². The lowest BCUT2D eigenvalue weighted by Crippen LogP contribution is -2.24. The fraction of sp³-hybridized carbons (Fsp3) is 0.333. The molecule has 1 rings (SSSR count). The van der Waals surface area contributed by atoms with Gasteiger partial charge in [0.15, 0.2) is 0 Å². The summed E-state index contributed by atoms with van der Waals surface area (Å²) in [5.74, 6) is -5.15. The van der Waals surface area contributed by atoms with Crippen LogP contribution in [0.25, 0.3) is 0 Å². The molecule has 0 radical (unpaired) electrons. The average Bonchev–Trinajstić information content (AvgIpc) is 2.13. The summed E-state index contributed by atoms with van der Waals surface area (Å²) in [7, 11) is 0. The molecule has 16 heavy (non-hydrogen) atoms. The van der Waals surface area contributed by atoms with Crippen molar-refractivity contribution < 1.29 is 27.5 Å². The van der Waals surface area contributed by atoms with Gasteiger partial charge in [-0.05, 0) is 6.07 Å². The van der Waals surface area contributed by atoms with E-state index in [1.165, 1.54) is 0 Å². The molecule has 0 fully saturated rings. The third-order valence-electron chi connectivity index (χ3n) is 1.95. The lowest BCUT2D eigenvalue weighted by atomic mass is 9.96. The fourth-order valence-corrected chi connectivity index (χ4v) is 1.25. The first kappa shape index (κ1) is 12.4. The molecular weight excluding hydrogens is 230 g/mol. The lowest BCUT2D eigenvalue weighted by Gasteiger charge is -2.18. The van der Waals surface area contributed by atoms with Gasteiger partial charge in [0.05, 0.1) is 18.5 Å². The quantitative estimate of drug-likeness (QED) is 0.821. The number of hydrogen-bond donors (Lipinski definition) is 1. The van der Waals surface area contributed by atoms with E-state index < -0.39 is 35.9 Å². The zero-order valence-corrected chi connectivity index (χ0v) is 7.83. The summed E-state index contributed by atoms with van der Waals surface area (Å²) in [5.41, 5.74) is -0.704. The summed E-state index contributed by atoms with van der Waals surface area (Å²) in [6.07, 6.45) is -4.40. The number of carboxylic acid groups (broad SMARTS) is 1. The molecular formula is C9H7F4NO2. The van der Waals surface area contributed by atoms with Crippen LogP contribution in [0.2, 0.25) is 0 Å². The maximum Gasteiger partial charge on any atom is 0.396 e. The Kier molecular flexibility index (Phi) is 3.46. The second-order valence-corrected chi connectivity index (χ2v) is 3.09. The van der Waals surface area contributed by atoms with Gasteiger partial charge in [-0.1, -0.05) is 0 Å². The molecule has 1 heterocycles. The Morgan fingerprint density at radius 1 is 1.50 bits per heavy atom. The van der Waals surface area contributed by atoms with Crippen molar-refractivity contribution in [3.63, 3.8) is 0 Å². The van der Waals surface area contributed by atoms with Crippen LogP contribution < -0.4 is 0 Å². The van der Waals surface area contributed by atoms with Gasteiger partial charge < -0.3 is 5.11 Å². The summed E-state index contributed by atoms with van der Waals surface area (Å²) in [5, 5.41) is 8.36. The minimum Gasteiger partial charge on any atom is -0.481 e. The van der Waals surface area contributed by atoms with Crippen molar-refractivity contribution in [3.05, 3.63) is 29.8 Å². The standard InChI is InChI=1S/C9H7F4NO2/c10-7-4-14-2-1-5(7)6(3-8(15)16)9(11,12)13/h1-2,4,6H,3H2,(H,15,16). The van der Waals surface area contributed by atoms with Gasteiger partial charge in [0.25, 0.3) is 0 Å². The van der Waals surface area contributed by atoms with Crippen molar-refractivity contribution in [2.45, 2.75) is 18.5 Å². The van der Waals surface area contributed by atoms with Crippen molar-refractivity contribution >= 4 is 5.97 Å². The lowest BCUT2D eigenvalue weighted by molar-refractivity contribution is -0.163. The predicted molar refractivity (Wildman–Crippen MR) is 45.2 cm³/mol. The highest BCUT2D eigenvalue weighted by Gasteiger charge is 2.43. The molecule has 1 aromatic rings. The van der Waals surface area contributed by atoms with E-state index in [0.29, 0.717) is 6.20 Å². The van der Waals surface area contributed by atoms with Crippen LogP contribution in [0.5, 0.6) is 0 Å². The van der Waals surface area contributed by atoms with Crippen molar-refractivity contribution in [1.82, 2.24) is 4.98 Å². The van der Waals surface area contributed by atoms with Gasteiger partial charge in [-0.25, -0.2) is 4.39 Å².